The van der Waals surface area contributed by atoms with Crippen LogP contribution in [0.2, 0.25) is 0 Å². The summed E-state index contributed by atoms with van der Waals surface area (Å²) in [6.45, 7) is 4.20. The van der Waals surface area contributed by atoms with Crippen molar-refractivity contribution in [1.29, 1.82) is 0 Å². The van der Waals surface area contributed by atoms with Gasteiger partial charge < -0.3 is 10.6 Å². The van der Waals surface area contributed by atoms with Crippen molar-refractivity contribution in [3.8, 4) is 0 Å². The van der Waals surface area contributed by atoms with Crippen LogP contribution < -0.4 is 10.6 Å². The van der Waals surface area contributed by atoms with E-state index in [1.807, 2.05) is 30.7 Å². The molecule has 0 radical (unpaired) electrons. The van der Waals surface area contributed by atoms with E-state index in [1.165, 1.54) is 0 Å². The van der Waals surface area contributed by atoms with Crippen LogP contribution in [0.4, 0.5) is 24.8 Å². The van der Waals surface area contributed by atoms with Gasteiger partial charge in [0.05, 0.1) is 11.6 Å². The minimum absolute atomic E-state index is 0.110. The van der Waals surface area contributed by atoms with E-state index in [4.69, 9.17) is 0 Å². The number of nitrogens with zero attached hydrogens (tertiary/aromatic N) is 1. The second kappa shape index (κ2) is 6.34. The molecule has 3 nitrogen and oxygen atoms in total. The Morgan fingerprint density at radius 2 is 2.00 bits per heavy atom. The van der Waals surface area contributed by atoms with Crippen LogP contribution in [0.25, 0.3) is 0 Å². The van der Waals surface area contributed by atoms with Gasteiger partial charge in [-0.2, -0.15) is 24.5 Å². The standard InChI is InChI=1S/C14H16F3N3S/c1-3-18-12-6-11(14(15,16)17)7-13(20-12)19-9(2)10-4-5-21-8-10/h4-9H,3H2,1-2H3,(H2,18,19,20). The second-order valence-electron chi connectivity index (χ2n) is 4.58. The Bertz CT molecular complexity index is 582. The molecule has 114 valence electrons. The van der Waals surface area contributed by atoms with Crippen molar-refractivity contribution in [3.05, 3.63) is 40.1 Å². The summed E-state index contributed by atoms with van der Waals surface area (Å²) in [7, 11) is 0. The molecule has 2 N–H and O–H groups in total. The van der Waals surface area contributed by atoms with E-state index in [1.54, 1.807) is 11.3 Å². The third-order valence-corrected chi connectivity index (χ3v) is 3.62. The molecule has 7 heteroatoms. The van der Waals surface area contributed by atoms with Crippen LogP contribution in [0, 0.1) is 0 Å². The minimum atomic E-state index is -4.39. The molecule has 1 unspecified atom stereocenters. The minimum Gasteiger partial charge on any atom is -0.370 e. The predicted octanol–water partition coefficient (Wildman–Crippen LogP) is 4.77. The lowest BCUT2D eigenvalue weighted by Gasteiger charge is -2.16. The van der Waals surface area contributed by atoms with E-state index in [2.05, 4.69) is 15.6 Å². The number of pyridine rings is 1. The number of rotatable bonds is 5. The average molecular weight is 315 g/mol. The summed E-state index contributed by atoms with van der Waals surface area (Å²) in [6, 6.07) is 3.87. The normalized spacial score (nSPS) is 13.0. The first-order valence-electron chi connectivity index (χ1n) is 6.52. The fourth-order valence-corrected chi connectivity index (χ4v) is 2.62. The van der Waals surface area contributed by atoms with Crippen LogP contribution in [-0.4, -0.2) is 11.5 Å². The van der Waals surface area contributed by atoms with Crippen LogP contribution in [0.15, 0.2) is 29.0 Å². The van der Waals surface area contributed by atoms with E-state index >= 15 is 0 Å². The van der Waals surface area contributed by atoms with Gasteiger partial charge in [0.25, 0.3) is 0 Å². The summed E-state index contributed by atoms with van der Waals surface area (Å²) in [5.74, 6) is 0.423. The summed E-state index contributed by atoms with van der Waals surface area (Å²) in [5.41, 5.74) is 0.303. The molecule has 0 aliphatic rings. The maximum absolute atomic E-state index is 12.9. The van der Waals surface area contributed by atoms with Gasteiger partial charge in [-0.05, 0) is 48.4 Å². The maximum atomic E-state index is 12.9. The molecule has 2 rings (SSSR count). The third-order valence-electron chi connectivity index (χ3n) is 2.92. The zero-order valence-corrected chi connectivity index (χ0v) is 12.5. The molecular weight excluding hydrogens is 299 g/mol. The van der Waals surface area contributed by atoms with Crippen LogP contribution in [0.1, 0.15) is 31.0 Å². The van der Waals surface area contributed by atoms with Crippen molar-refractivity contribution < 1.29 is 13.2 Å². The van der Waals surface area contributed by atoms with E-state index in [0.29, 0.717) is 6.54 Å². The lowest BCUT2D eigenvalue weighted by Crippen LogP contribution is -2.12. The van der Waals surface area contributed by atoms with E-state index in [9.17, 15) is 13.2 Å². The lowest BCUT2D eigenvalue weighted by atomic mass is 10.2. The number of halogens is 3. The average Bonchev–Trinajstić information content (AvgIpc) is 2.91. The Kier molecular flexibility index (Phi) is 4.72. The summed E-state index contributed by atoms with van der Waals surface area (Å²) < 4.78 is 38.8. The van der Waals surface area contributed by atoms with Gasteiger partial charge in [0.1, 0.15) is 11.6 Å². The van der Waals surface area contributed by atoms with Crippen LogP contribution >= 0.6 is 11.3 Å². The monoisotopic (exact) mass is 315 g/mol. The van der Waals surface area contributed by atoms with Crippen molar-refractivity contribution in [2.24, 2.45) is 0 Å². The number of hydrogen-bond donors (Lipinski definition) is 2. The molecule has 1 atom stereocenters. The van der Waals surface area contributed by atoms with E-state index in [-0.39, 0.29) is 17.7 Å². The van der Waals surface area contributed by atoms with E-state index < -0.39 is 11.7 Å². The fourth-order valence-electron chi connectivity index (χ4n) is 1.87. The third kappa shape index (κ3) is 4.10. The first kappa shape index (κ1) is 15.6. The number of alkyl halides is 3. The molecule has 0 spiro atoms. The number of thiophene rings is 1. The van der Waals surface area contributed by atoms with Crippen molar-refractivity contribution >= 4 is 23.0 Å². The second-order valence-corrected chi connectivity index (χ2v) is 5.36. The smallest absolute Gasteiger partial charge is 0.370 e. The summed E-state index contributed by atoms with van der Waals surface area (Å²) in [4.78, 5) is 4.17. The number of anilines is 2. The molecule has 0 aromatic carbocycles. The fraction of sp³-hybridized carbons (Fsp3) is 0.357. The first-order valence-corrected chi connectivity index (χ1v) is 7.46. The molecule has 0 saturated carbocycles. The molecule has 0 saturated heterocycles. The van der Waals surface area contributed by atoms with Crippen LogP contribution in [0.5, 0.6) is 0 Å². The SMILES string of the molecule is CCNc1cc(C(F)(F)F)cc(NC(C)c2ccsc2)n1. The van der Waals surface area contributed by atoms with Gasteiger partial charge >= 0.3 is 6.18 Å². The Morgan fingerprint density at radius 3 is 2.57 bits per heavy atom. The molecule has 0 aliphatic carbocycles. The number of aromatic nitrogens is 1. The maximum Gasteiger partial charge on any atom is 0.416 e. The molecule has 0 bridgehead atoms. The molecule has 2 aromatic heterocycles. The topological polar surface area (TPSA) is 37.0 Å². The highest BCUT2D eigenvalue weighted by Gasteiger charge is 2.31. The zero-order chi connectivity index (χ0) is 15.5. The van der Waals surface area contributed by atoms with Gasteiger partial charge in [-0.3, -0.25) is 0 Å². The molecule has 21 heavy (non-hydrogen) atoms. The van der Waals surface area contributed by atoms with Crippen molar-refractivity contribution in [2.75, 3.05) is 17.2 Å². The van der Waals surface area contributed by atoms with E-state index in [0.717, 1.165) is 17.7 Å². The Labute approximate surface area is 125 Å². The van der Waals surface area contributed by atoms with Crippen molar-refractivity contribution in [1.82, 2.24) is 4.98 Å². The van der Waals surface area contributed by atoms with Gasteiger partial charge in [0.2, 0.25) is 0 Å². The van der Waals surface area contributed by atoms with Crippen molar-refractivity contribution in [3.63, 3.8) is 0 Å². The van der Waals surface area contributed by atoms with Crippen LogP contribution in [-0.2, 0) is 6.18 Å². The largest absolute Gasteiger partial charge is 0.416 e. The highest BCUT2D eigenvalue weighted by molar-refractivity contribution is 7.07. The lowest BCUT2D eigenvalue weighted by molar-refractivity contribution is -0.137. The van der Waals surface area contributed by atoms with Gasteiger partial charge in [-0.25, -0.2) is 4.98 Å². The molecule has 2 heterocycles. The molecule has 0 amide bonds. The highest BCUT2D eigenvalue weighted by Crippen LogP contribution is 2.33. The molecule has 0 aliphatic heterocycles. The first-order chi connectivity index (χ1) is 9.90. The Morgan fingerprint density at radius 1 is 1.29 bits per heavy atom. The number of nitrogens with one attached hydrogen (secondary N) is 2. The Balaban J connectivity index is 2.27. The molecule has 0 fully saturated rings. The summed E-state index contributed by atoms with van der Waals surface area (Å²) in [6.07, 6.45) is -4.39. The predicted molar refractivity (Wildman–Crippen MR) is 79.8 cm³/mol. The highest BCUT2D eigenvalue weighted by atomic mass is 32.1. The van der Waals surface area contributed by atoms with Crippen LogP contribution in [0.3, 0.4) is 0 Å². The van der Waals surface area contributed by atoms with Gasteiger partial charge in [0, 0.05) is 6.54 Å². The zero-order valence-electron chi connectivity index (χ0n) is 11.7. The summed E-state index contributed by atoms with van der Waals surface area (Å²) in [5, 5.41) is 9.71. The molecular formula is C14H16F3N3S. The van der Waals surface area contributed by atoms with Gasteiger partial charge in [0.15, 0.2) is 0 Å². The Hall–Kier alpha value is -1.76. The quantitative estimate of drug-likeness (QED) is 0.835. The number of hydrogen-bond acceptors (Lipinski definition) is 4. The van der Waals surface area contributed by atoms with Gasteiger partial charge in [-0.1, -0.05) is 0 Å². The summed E-state index contributed by atoms with van der Waals surface area (Å²) >= 11 is 1.54. The molecule has 2 aromatic rings. The van der Waals surface area contributed by atoms with Crippen molar-refractivity contribution in [2.45, 2.75) is 26.1 Å². The van der Waals surface area contributed by atoms with Gasteiger partial charge in [-0.15, -0.1) is 0 Å².